The lowest BCUT2D eigenvalue weighted by molar-refractivity contribution is -0.173. The number of hydrogen-bond donors (Lipinski definition) is 1. The van der Waals surface area contributed by atoms with Gasteiger partial charge in [0.25, 0.3) is 0 Å². The van der Waals surface area contributed by atoms with Crippen LogP contribution in [-0.4, -0.2) is 29.0 Å². The van der Waals surface area contributed by atoms with Gasteiger partial charge in [0, 0.05) is 17.4 Å². The van der Waals surface area contributed by atoms with Crippen LogP contribution in [0.4, 0.5) is 0 Å². The quantitative estimate of drug-likeness (QED) is 0.916. The molecule has 0 spiro atoms. The second-order valence-corrected chi connectivity index (χ2v) is 9.02. The highest BCUT2D eigenvalue weighted by molar-refractivity contribution is 8.21. The maximum Gasteiger partial charge on any atom is 0.206 e. The predicted octanol–water partition coefficient (Wildman–Crippen LogP) is 3.61. The fraction of sp³-hybridized carbons (Fsp3) is 0.625. The Morgan fingerprint density at radius 1 is 1.24 bits per heavy atom. The van der Waals surface area contributed by atoms with Crippen LogP contribution in [0, 0.1) is 5.92 Å². The molecule has 21 heavy (non-hydrogen) atoms. The first-order valence-electron chi connectivity index (χ1n) is 7.48. The molecule has 2 heterocycles. The highest BCUT2D eigenvalue weighted by Gasteiger charge is 2.58. The molecular weight excluding hydrogens is 302 g/mol. The van der Waals surface area contributed by atoms with Gasteiger partial charge in [0.05, 0.1) is 13.2 Å². The summed E-state index contributed by atoms with van der Waals surface area (Å²) in [4.78, 5) is 0. The Kier molecular flexibility index (Phi) is 4.58. The minimum atomic E-state index is -0.653. The van der Waals surface area contributed by atoms with E-state index in [9.17, 15) is 0 Å². The molecule has 0 bridgehead atoms. The third-order valence-corrected chi connectivity index (χ3v) is 7.38. The topological polar surface area (TPSA) is 44.5 Å². The van der Waals surface area contributed by atoms with E-state index >= 15 is 0 Å². The molecule has 2 fully saturated rings. The molecule has 0 saturated carbocycles. The van der Waals surface area contributed by atoms with Crippen LogP contribution in [0.2, 0.25) is 0 Å². The van der Waals surface area contributed by atoms with Crippen molar-refractivity contribution in [2.45, 2.75) is 35.5 Å². The van der Waals surface area contributed by atoms with Gasteiger partial charge in [-0.3, -0.25) is 0 Å². The first-order chi connectivity index (χ1) is 10.0. The van der Waals surface area contributed by atoms with Crippen LogP contribution in [0.3, 0.4) is 0 Å². The smallest absolute Gasteiger partial charge is 0.206 e. The number of ether oxygens (including phenoxy) is 2. The average molecular weight is 325 g/mol. The molecule has 5 heteroatoms. The highest BCUT2D eigenvalue weighted by atomic mass is 32.2. The zero-order chi connectivity index (χ0) is 14.9. The molecule has 0 aliphatic carbocycles. The SMILES string of the molecule is CC(C)CC1([C@@]2(N)SCC(c3ccccc3)S2)OCCO1. The van der Waals surface area contributed by atoms with Crippen molar-refractivity contribution in [1.82, 2.24) is 0 Å². The lowest BCUT2D eigenvalue weighted by Crippen LogP contribution is -2.56. The Hall–Kier alpha value is -0.200. The van der Waals surface area contributed by atoms with Crippen molar-refractivity contribution in [3.8, 4) is 0 Å². The van der Waals surface area contributed by atoms with Gasteiger partial charge in [0.15, 0.2) is 4.20 Å². The molecule has 2 aliphatic rings. The summed E-state index contributed by atoms with van der Waals surface area (Å²) in [5.41, 5.74) is 8.08. The monoisotopic (exact) mass is 325 g/mol. The Labute approximate surface area is 135 Å². The first-order valence-corrected chi connectivity index (χ1v) is 9.35. The normalized spacial score (nSPS) is 31.9. The van der Waals surface area contributed by atoms with Gasteiger partial charge in [0.2, 0.25) is 5.79 Å². The summed E-state index contributed by atoms with van der Waals surface area (Å²) < 4.78 is 11.5. The zero-order valence-electron chi connectivity index (χ0n) is 12.6. The Bertz CT molecular complexity index is 476. The molecule has 0 amide bonds. The Morgan fingerprint density at radius 2 is 1.90 bits per heavy atom. The molecule has 116 valence electrons. The number of hydrogen-bond acceptors (Lipinski definition) is 5. The summed E-state index contributed by atoms with van der Waals surface area (Å²) in [5, 5.41) is 0.401. The number of thioether (sulfide) groups is 2. The summed E-state index contributed by atoms with van der Waals surface area (Å²) in [6.45, 7) is 5.66. The lowest BCUT2D eigenvalue weighted by Gasteiger charge is -2.41. The summed E-state index contributed by atoms with van der Waals surface area (Å²) in [7, 11) is 0. The standard InChI is InChI=1S/C16H23NO2S2/c1-12(2)10-15(18-8-9-19-15)16(17)20-11-14(21-16)13-6-4-3-5-7-13/h3-7,12,14H,8-11,17H2,1-2H3/t14?,16-/m1/s1. The Balaban J connectivity index is 1.81. The number of nitrogens with two attached hydrogens (primary N) is 1. The third-order valence-electron chi connectivity index (χ3n) is 3.90. The van der Waals surface area contributed by atoms with E-state index in [0.717, 1.165) is 12.2 Å². The van der Waals surface area contributed by atoms with E-state index < -0.39 is 9.99 Å². The lowest BCUT2D eigenvalue weighted by atomic mass is 10.0. The molecular formula is C16H23NO2S2. The first kappa shape index (κ1) is 15.7. The van der Waals surface area contributed by atoms with Crippen LogP contribution in [-0.2, 0) is 9.47 Å². The minimum absolute atomic E-state index is 0.401. The van der Waals surface area contributed by atoms with Gasteiger partial charge in [-0.25, -0.2) is 0 Å². The minimum Gasteiger partial charge on any atom is -0.344 e. The summed E-state index contributed by atoms with van der Waals surface area (Å²) in [6, 6.07) is 10.6. The molecule has 3 rings (SSSR count). The molecule has 0 aromatic heterocycles. The summed E-state index contributed by atoms with van der Waals surface area (Å²) >= 11 is 3.57. The van der Waals surface area contributed by atoms with Crippen LogP contribution in [0.15, 0.2) is 30.3 Å². The molecule has 2 atom stereocenters. The third kappa shape index (κ3) is 2.99. The van der Waals surface area contributed by atoms with Crippen molar-refractivity contribution in [1.29, 1.82) is 0 Å². The molecule has 1 aromatic rings. The van der Waals surface area contributed by atoms with Crippen molar-refractivity contribution >= 4 is 23.5 Å². The summed E-state index contributed by atoms with van der Waals surface area (Å²) in [5.74, 6) is 0.832. The van der Waals surface area contributed by atoms with Gasteiger partial charge in [-0.1, -0.05) is 44.2 Å². The second kappa shape index (κ2) is 6.13. The average Bonchev–Trinajstić information content (AvgIpc) is 3.08. The van der Waals surface area contributed by atoms with Gasteiger partial charge in [-0.2, -0.15) is 0 Å². The van der Waals surface area contributed by atoms with Gasteiger partial charge in [-0.15, -0.1) is 23.5 Å². The van der Waals surface area contributed by atoms with E-state index in [4.69, 9.17) is 15.2 Å². The Morgan fingerprint density at radius 3 is 2.52 bits per heavy atom. The van der Waals surface area contributed by atoms with Crippen LogP contribution in [0.1, 0.15) is 31.1 Å². The van der Waals surface area contributed by atoms with Crippen molar-refractivity contribution in [2.75, 3.05) is 19.0 Å². The van der Waals surface area contributed by atoms with Crippen molar-refractivity contribution < 1.29 is 9.47 Å². The van der Waals surface area contributed by atoms with Gasteiger partial charge in [0.1, 0.15) is 0 Å². The molecule has 0 radical (unpaired) electrons. The molecule has 1 unspecified atom stereocenters. The van der Waals surface area contributed by atoms with Gasteiger partial charge in [-0.05, 0) is 11.5 Å². The van der Waals surface area contributed by atoms with E-state index in [1.807, 2.05) is 0 Å². The van der Waals surface area contributed by atoms with Crippen molar-refractivity contribution in [3.63, 3.8) is 0 Å². The molecule has 3 nitrogen and oxygen atoms in total. The van der Waals surface area contributed by atoms with Crippen LogP contribution < -0.4 is 5.73 Å². The fourth-order valence-corrected chi connectivity index (χ4v) is 6.37. The second-order valence-electron chi connectivity index (χ2n) is 6.04. The van der Waals surface area contributed by atoms with Crippen molar-refractivity contribution in [3.05, 3.63) is 35.9 Å². The zero-order valence-corrected chi connectivity index (χ0v) is 14.2. The van der Waals surface area contributed by atoms with Gasteiger partial charge < -0.3 is 15.2 Å². The van der Waals surface area contributed by atoms with Crippen LogP contribution >= 0.6 is 23.5 Å². The number of benzene rings is 1. The molecule has 2 aliphatic heterocycles. The van der Waals surface area contributed by atoms with Gasteiger partial charge >= 0.3 is 0 Å². The van der Waals surface area contributed by atoms with Crippen LogP contribution in [0.5, 0.6) is 0 Å². The van der Waals surface area contributed by atoms with E-state index in [2.05, 4.69) is 44.2 Å². The van der Waals surface area contributed by atoms with Crippen molar-refractivity contribution in [2.24, 2.45) is 11.7 Å². The molecule has 2 saturated heterocycles. The summed E-state index contributed by atoms with van der Waals surface area (Å²) in [6.07, 6.45) is 0.838. The maximum absolute atomic E-state index is 6.75. The molecule has 1 aromatic carbocycles. The largest absolute Gasteiger partial charge is 0.344 e. The maximum atomic E-state index is 6.75. The fourth-order valence-electron chi connectivity index (χ4n) is 2.96. The molecule has 2 N–H and O–H groups in total. The number of rotatable bonds is 4. The predicted molar refractivity (Wildman–Crippen MR) is 90.2 cm³/mol. The van der Waals surface area contributed by atoms with E-state index in [1.165, 1.54) is 5.56 Å². The van der Waals surface area contributed by atoms with E-state index in [1.54, 1.807) is 23.5 Å². The highest BCUT2D eigenvalue weighted by Crippen LogP contribution is 2.59. The van der Waals surface area contributed by atoms with E-state index in [-0.39, 0.29) is 0 Å². The van der Waals surface area contributed by atoms with Crippen LogP contribution in [0.25, 0.3) is 0 Å². The van der Waals surface area contributed by atoms with E-state index in [0.29, 0.717) is 24.4 Å².